The first kappa shape index (κ1) is 23.7. The number of ether oxygens (including phenoxy) is 1. The number of hydrogen-bond acceptors (Lipinski definition) is 5. The van der Waals surface area contributed by atoms with E-state index in [-0.39, 0.29) is 35.9 Å². The van der Waals surface area contributed by atoms with Gasteiger partial charge in [0, 0.05) is 12.1 Å². The van der Waals surface area contributed by atoms with Crippen molar-refractivity contribution in [1.29, 1.82) is 0 Å². The summed E-state index contributed by atoms with van der Waals surface area (Å²) in [6.07, 6.45) is 1.44. The molecule has 1 aromatic heterocycles. The van der Waals surface area contributed by atoms with E-state index in [2.05, 4.69) is 9.72 Å². The molecule has 0 aliphatic heterocycles. The number of hydrogen-bond donors (Lipinski definition) is 2. The van der Waals surface area contributed by atoms with Crippen molar-refractivity contribution in [3.63, 3.8) is 0 Å². The third-order valence-corrected chi connectivity index (χ3v) is 4.97. The molecule has 0 aliphatic carbocycles. The van der Waals surface area contributed by atoms with Crippen LogP contribution in [0.2, 0.25) is 0 Å². The Labute approximate surface area is 188 Å². The van der Waals surface area contributed by atoms with Crippen molar-refractivity contribution in [3.05, 3.63) is 86.6 Å². The number of anilines is 2. The van der Waals surface area contributed by atoms with Crippen LogP contribution >= 0.6 is 0 Å². The van der Waals surface area contributed by atoms with Gasteiger partial charge in [-0.05, 0) is 36.2 Å². The maximum Gasteiger partial charge on any atom is 0.387 e. The Bertz CT molecular complexity index is 1210. The minimum absolute atomic E-state index is 0.00573. The fraction of sp³-hybridized carbons (Fsp3) is 0.261. The molecule has 3 N–H and O–H groups in total. The van der Waals surface area contributed by atoms with Crippen LogP contribution in [0.15, 0.2) is 64.2 Å². The first-order valence-electron chi connectivity index (χ1n) is 10.3. The first-order valence-corrected chi connectivity index (χ1v) is 10.3. The summed E-state index contributed by atoms with van der Waals surface area (Å²) in [5, 5.41) is 0. The molecule has 0 atom stereocenters. The molecule has 0 saturated carbocycles. The first-order chi connectivity index (χ1) is 15.8. The summed E-state index contributed by atoms with van der Waals surface area (Å²) in [5.41, 5.74) is 5.44. The van der Waals surface area contributed by atoms with Gasteiger partial charge < -0.3 is 10.5 Å². The van der Waals surface area contributed by atoms with Crippen molar-refractivity contribution in [2.45, 2.75) is 39.5 Å². The van der Waals surface area contributed by atoms with Crippen molar-refractivity contribution in [3.8, 4) is 5.75 Å². The van der Waals surface area contributed by atoms with Crippen LogP contribution in [0.25, 0.3) is 0 Å². The van der Waals surface area contributed by atoms with Gasteiger partial charge in [-0.2, -0.15) is 8.78 Å². The summed E-state index contributed by atoms with van der Waals surface area (Å²) >= 11 is 0. The number of aromatic amines is 1. The number of carbonyl (C=O) groups is 1. The highest BCUT2D eigenvalue weighted by Crippen LogP contribution is 2.23. The molecule has 0 fully saturated rings. The van der Waals surface area contributed by atoms with Gasteiger partial charge in [0.1, 0.15) is 11.6 Å². The highest BCUT2D eigenvalue weighted by atomic mass is 19.3. The van der Waals surface area contributed by atoms with Crippen LogP contribution < -0.4 is 26.6 Å². The van der Waals surface area contributed by atoms with Crippen LogP contribution in [0.3, 0.4) is 0 Å². The number of rotatable bonds is 9. The Kier molecular flexibility index (Phi) is 7.60. The number of amides is 1. The van der Waals surface area contributed by atoms with E-state index in [1.54, 1.807) is 24.3 Å². The highest BCUT2D eigenvalue weighted by Gasteiger charge is 2.25. The van der Waals surface area contributed by atoms with Crippen molar-refractivity contribution < 1.29 is 18.3 Å². The van der Waals surface area contributed by atoms with E-state index < -0.39 is 23.8 Å². The zero-order chi connectivity index (χ0) is 24.0. The maximum atomic E-state index is 13.4. The number of nitrogens with two attached hydrogens (primary N) is 1. The van der Waals surface area contributed by atoms with E-state index >= 15 is 0 Å². The molecule has 0 aliphatic rings. The third-order valence-electron chi connectivity index (χ3n) is 4.97. The second kappa shape index (κ2) is 10.6. The lowest BCUT2D eigenvalue weighted by atomic mass is 10.1. The molecule has 0 spiro atoms. The minimum Gasteiger partial charge on any atom is -0.435 e. The van der Waals surface area contributed by atoms with Crippen LogP contribution in [0.5, 0.6) is 5.75 Å². The Balaban J connectivity index is 2.08. The van der Waals surface area contributed by atoms with Crippen LogP contribution in [-0.2, 0) is 13.1 Å². The molecule has 10 heteroatoms. The smallest absolute Gasteiger partial charge is 0.387 e. The SMILES string of the molecule is CCCCn1c(N)c(N(Cc2ccccc2)C(=O)c2ccc(OC(F)F)cc2)c(=O)[nH]c1=O. The van der Waals surface area contributed by atoms with Gasteiger partial charge in [-0.1, -0.05) is 43.7 Å². The zero-order valence-corrected chi connectivity index (χ0v) is 18.0. The molecule has 0 bridgehead atoms. The number of benzene rings is 2. The van der Waals surface area contributed by atoms with E-state index in [1.165, 1.54) is 33.7 Å². The number of nitrogens with zero attached hydrogens (tertiary/aromatic N) is 2. The zero-order valence-electron chi connectivity index (χ0n) is 18.0. The number of halogens is 2. The van der Waals surface area contributed by atoms with Crippen molar-refractivity contribution in [2.75, 3.05) is 10.6 Å². The van der Waals surface area contributed by atoms with Crippen LogP contribution in [-0.4, -0.2) is 22.1 Å². The van der Waals surface area contributed by atoms with Crippen LogP contribution in [0, 0.1) is 0 Å². The molecular formula is C23H24F2N4O4. The van der Waals surface area contributed by atoms with E-state index in [4.69, 9.17) is 5.73 Å². The molecule has 0 radical (unpaired) electrons. The molecule has 1 heterocycles. The summed E-state index contributed by atoms with van der Waals surface area (Å²) in [5.74, 6) is -0.832. The highest BCUT2D eigenvalue weighted by molar-refractivity contribution is 6.07. The van der Waals surface area contributed by atoms with Crippen molar-refractivity contribution in [1.82, 2.24) is 9.55 Å². The lowest BCUT2D eigenvalue weighted by Gasteiger charge is -2.25. The maximum absolute atomic E-state index is 13.4. The molecule has 1 amide bonds. The van der Waals surface area contributed by atoms with Crippen LogP contribution in [0.1, 0.15) is 35.7 Å². The number of carbonyl (C=O) groups excluding carboxylic acids is 1. The Hall–Kier alpha value is -3.95. The second-order valence-electron chi connectivity index (χ2n) is 7.28. The molecular weight excluding hydrogens is 434 g/mol. The van der Waals surface area contributed by atoms with Gasteiger partial charge in [-0.15, -0.1) is 0 Å². The molecule has 0 saturated heterocycles. The molecule has 2 aromatic carbocycles. The average Bonchev–Trinajstić information content (AvgIpc) is 2.78. The summed E-state index contributed by atoms with van der Waals surface area (Å²) in [4.78, 5) is 41.9. The Morgan fingerprint density at radius 3 is 2.39 bits per heavy atom. The summed E-state index contributed by atoms with van der Waals surface area (Å²) in [6, 6.07) is 14.0. The largest absolute Gasteiger partial charge is 0.435 e. The normalized spacial score (nSPS) is 10.9. The Morgan fingerprint density at radius 1 is 1.12 bits per heavy atom. The topological polar surface area (TPSA) is 110 Å². The van der Waals surface area contributed by atoms with Gasteiger partial charge in [0.25, 0.3) is 11.5 Å². The van der Waals surface area contributed by atoms with E-state index in [9.17, 15) is 23.2 Å². The van der Waals surface area contributed by atoms with Gasteiger partial charge in [-0.3, -0.25) is 24.0 Å². The number of unbranched alkanes of at least 4 members (excludes halogenated alkanes) is 1. The van der Waals surface area contributed by atoms with Gasteiger partial charge in [0.05, 0.1) is 6.54 Å². The minimum atomic E-state index is -3.00. The monoisotopic (exact) mass is 458 g/mol. The lowest BCUT2D eigenvalue weighted by molar-refractivity contribution is -0.0498. The summed E-state index contributed by atoms with van der Waals surface area (Å²) < 4.78 is 30.4. The molecule has 174 valence electrons. The Morgan fingerprint density at radius 2 is 1.79 bits per heavy atom. The number of alkyl halides is 2. The fourth-order valence-corrected chi connectivity index (χ4v) is 3.33. The fourth-order valence-electron chi connectivity index (χ4n) is 3.33. The van der Waals surface area contributed by atoms with E-state index in [0.29, 0.717) is 12.0 Å². The van der Waals surface area contributed by atoms with Crippen LogP contribution in [0.4, 0.5) is 20.3 Å². The van der Waals surface area contributed by atoms with Gasteiger partial charge >= 0.3 is 12.3 Å². The van der Waals surface area contributed by atoms with Gasteiger partial charge in [0.2, 0.25) is 0 Å². The second-order valence-corrected chi connectivity index (χ2v) is 7.28. The van der Waals surface area contributed by atoms with E-state index in [0.717, 1.165) is 6.42 Å². The third kappa shape index (κ3) is 5.65. The van der Waals surface area contributed by atoms with Gasteiger partial charge in [0.15, 0.2) is 5.69 Å². The number of H-pyrrole nitrogens is 1. The molecule has 3 rings (SSSR count). The molecule has 33 heavy (non-hydrogen) atoms. The predicted octanol–water partition coefficient (Wildman–Crippen LogP) is 3.37. The van der Waals surface area contributed by atoms with Crippen molar-refractivity contribution in [2.24, 2.45) is 0 Å². The number of aromatic nitrogens is 2. The number of nitrogen functional groups attached to an aromatic ring is 1. The van der Waals surface area contributed by atoms with E-state index in [1.807, 2.05) is 13.0 Å². The molecule has 3 aromatic rings. The summed E-state index contributed by atoms with van der Waals surface area (Å²) in [7, 11) is 0. The van der Waals surface area contributed by atoms with Gasteiger partial charge in [-0.25, -0.2) is 4.79 Å². The number of nitrogens with one attached hydrogen (secondary N) is 1. The lowest BCUT2D eigenvalue weighted by Crippen LogP contribution is -2.41. The van der Waals surface area contributed by atoms with Crippen molar-refractivity contribution >= 4 is 17.4 Å². The summed E-state index contributed by atoms with van der Waals surface area (Å²) in [6.45, 7) is -0.782. The molecule has 8 nitrogen and oxygen atoms in total. The predicted molar refractivity (Wildman–Crippen MR) is 121 cm³/mol. The molecule has 0 unspecified atom stereocenters. The average molecular weight is 458 g/mol. The standard InChI is InChI=1S/C23H24F2N4O4/c1-2-3-13-28-19(26)18(20(30)27-23(28)32)29(14-15-7-5-4-6-8-15)21(31)16-9-11-17(12-10-16)33-22(24)25/h4-12,22H,2-3,13-14,26H2,1H3,(H,27,30,32). The quantitative estimate of drug-likeness (QED) is 0.511.